The first-order valence-corrected chi connectivity index (χ1v) is 8.68. The Morgan fingerprint density at radius 1 is 1.17 bits per heavy atom. The third kappa shape index (κ3) is 3.29. The summed E-state index contributed by atoms with van der Waals surface area (Å²) in [5, 5.41) is 8.63. The molecule has 23 heavy (non-hydrogen) atoms. The molecular weight excluding hydrogens is 306 g/mol. The SMILES string of the molecule is CCc1nc(-c2csc(NC(C)C)n2)cc2cc(OC)ccc12. The summed E-state index contributed by atoms with van der Waals surface area (Å²) in [5.74, 6) is 0.858. The Balaban J connectivity index is 2.08. The van der Waals surface area contributed by atoms with Crippen LogP contribution in [-0.4, -0.2) is 23.1 Å². The molecule has 0 spiro atoms. The van der Waals surface area contributed by atoms with Crippen LogP contribution in [0.1, 0.15) is 26.5 Å². The molecule has 0 aliphatic rings. The first-order chi connectivity index (χ1) is 11.1. The number of hydrogen-bond acceptors (Lipinski definition) is 5. The summed E-state index contributed by atoms with van der Waals surface area (Å²) in [5.41, 5.74) is 2.92. The number of fused-ring (bicyclic) bond motifs is 1. The Labute approximate surface area is 140 Å². The normalized spacial score (nSPS) is 11.2. The molecule has 120 valence electrons. The molecule has 1 N–H and O–H groups in total. The lowest BCUT2D eigenvalue weighted by Gasteiger charge is -2.09. The molecule has 0 atom stereocenters. The van der Waals surface area contributed by atoms with Gasteiger partial charge in [-0.1, -0.05) is 6.92 Å². The number of benzene rings is 1. The number of hydrogen-bond donors (Lipinski definition) is 1. The molecule has 2 heterocycles. The van der Waals surface area contributed by atoms with E-state index in [2.05, 4.69) is 54.7 Å². The van der Waals surface area contributed by atoms with Gasteiger partial charge in [-0.05, 0) is 49.9 Å². The van der Waals surface area contributed by atoms with Crippen LogP contribution in [0.5, 0.6) is 5.75 Å². The number of thiazole rings is 1. The van der Waals surface area contributed by atoms with Crippen molar-refractivity contribution in [2.75, 3.05) is 12.4 Å². The van der Waals surface area contributed by atoms with Gasteiger partial charge in [0, 0.05) is 22.5 Å². The number of rotatable bonds is 5. The van der Waals surface area contributed by atoms with E-state index in [1.54, 1.807) is 18.4 Å². The highest BCUT2D eigenvalue weighted by Gasteiger charge is 2.11. The van der Waals surface area contributed by atoms with E-state index in [-0.39, 0.29) is 0 Å². The molecule has 3 rings (SSSR count). The molecule has 0 saturated heterocycles. The van der Waals surface area contributed by atoms with Gasteiger partial charge in [-0.3, -0.25) is 4.98 Å². The van der Waals surface area contributed by atoms with Crippen LogP contribution >= 0.6 is 11.3 Å². The lowest BCUT2D eigenvalue weighted by molar-refractivity contribution is 0.415. The molecule has 5 heteroatoms. The maximum absolute atomic E-state index is 5.35. The third-order valence-electron chi connectivity index (χ3n) is 3.63. The fraction of sp³-hybridized carbons (Fsp3) is 0.333. The van der Waals surface area contributed by atoms with Crippen LogP contribution in [0.2, 0.25) is 0 Å². The maximum Gasteiger partial charge on any atom is 0.183 e. The van der Waals surface area contributed by atoms with Crippen molar-refractivity contribution in [2.24, 2.45) is 0 Å². The fourth-order valence-electron chi connectivity index (χ4n) is 2.54. The van der Waals surface area contributed by atoms with E-state index in [0.717, 1.165) is 39.8 Å². The highest BCUT2D eigenvalue weighted by molar-refractivity contribution is 7.14. The highest BCUT2D eigenvalue weighted by atomic mass is 32.1. The van der Waals surface area contributed by atoms with E-state index in [1.165, 1.54) is 5.39 Å². The molecule has 0 aliphatic heterocycles. The van der Waals surface area contributed by atoms with Crippen LogP contribution < -0.4 is 10.1 Å². The average molecular weight is 327 g/mol. The predicted octanol–water partition coefficient (Wildman–Crippen LogP) is 4.75. The molecule has 0 unspecified atom stereocenters. The average Bonchev–Trinajstić information content (AvgIpc) is 3.00. The second kappa shape index (κ2) is 6.54. The summed E-state index contributed by atoms with van der Waals surface area (Å²) in [7, 11) is 1.69. The number of methoxy groups -OCH3 is 1. The minimum absolute atomic E-state index is 0.369. The minimum atomic E-state index is 0.369. The van der Waals surface area contributed by atoms with Gasteiger partial charge in [0.25, 0.3) is 0 Å². The van der Waals surface area contributed by atoms with E-state index < -0.39 is 0 Å². The van der Waals surface area contributed by atoms with Gasteiger partial charge in [-0.2, -0.15) is 0 Å². The number of ether oxygens (including phenoxy) is 1. The van der Waals surface area contributed by atoms with Crippen LogP contribution in [0.25, 0.3) is 22.2 Å². The molecule has 0 fully saturated rings. The van der Waals surface area contributed by atoms with Crippen LogP contribution in [0.4, 0.5) is 5.13 Å². The van der Waals surface area contributed by atoms with Crippen molar-refractivity contribution in [1.82, 2.24) is 9.97 Å². The fourth-order valence-corrected chi connectivity index (χ4v) is 3.39. The van der Waals surface area contributed by atoms with Gasteiger partial charge >= 0.3 is 0 Å². The number of aryl methyl sites for hydroxylation is 1. The monoisotopic (exact) mass is 327 g/mol. The van der Waals surface area contributed by atoms with Crippen molar-refractivity contribution in [1.29, 1.82) is 0 Å². The summed E-state index contributed by atoms with van der Waals surface area (Å²) in [4.78, 5) is 9.47. The summed E-state index contributed by atoms with van der Waals surface area (Å²) in [6.07, 6.45) is 0.887. The Hall–Kier alpha value is -2.14. The van der Waals surface area contributed by atoms with Gasteiger partial charge in [0.2, 0.25) is 0 Å². The Morgan fingerprint density at radius 3 is 2.70 bits per heavy atom. The lowest BCUT2D eigenvalue weighted by atomic mass is 10.1. The molecule has 2 aromatic heterocycles. The second-order valence-electron chi connectivity index (χ2n) is 5.73. The summed E-state index contributed by atoms with van der Waals surface area (Å²) < 4.78 is 5.35. The quantitative estimate of drug-likeness (QED) is 0.734. The van der Waals surface area contributed by atoms with Crippen molar-refractivity contribution < 1.29 is 4.74 Å². The standard InChI is InChI=1S/C18H21N3OS/c1-5-15-14-7-6-13(22-4)8-12(14)9-16(20-15)17-10-23-18(21-17)19-11(2)3/h6-11H,5H2,1-4H3,(H,19,21). The molecule has 1 aromatic carbocycles. The third-order valence-corrected chi connectivity index (χ3v) is 4.40. The molecule has 0 radical (unpaired) electrons. The molecular formula is C18H21N3OS. The maximum atomic E-state index is 5.35. The van der Waals surface area contributed by atoms with Crippen LogP contribution in [0, 0.1) is 0 Å². The molecule has 0 bridgehead atoms. The zero-order valence-corrected chi connectivity index (χ0v) is 14.7. The van der Waals surface area contributed by atoms with E-state index in [4.69, 9.17) is 9.72 Å². The number of pyridine rings is 1. The van der Waals surface area contributed by atoms with E-state index in [0.29, 0.717) is 6.04 Å². The minimum Gasteiger partial charge on any atom is -0.497 e. The summed E-state index contributed by atoms with van der Waals surface area (Å²) in [6, 6.07) is 8.58. The Kier molecular flexibility index (Phi) is 4.48. The van der Waals surface area contributed by atoms with Crippen LogP contribution in [-0.2, 0) is 6.42 Å². The molecule has 0 saturated carbocycles. The first kappa shape index (κ1) is 15.7. The van der Waals surface area contributed by atoms with Crippen LogP contribution in [0.15, 0.2) is 29.6 Å². The van der Waals surface area contributed by atoms with Crippen molar-refractivity contribution in [3.63, 3.8) is 0 Å². The topological polar surface area (TPSA) is 47.0 Å². The summed E-state index contributed by atoms with van der Waals surface area (Å²) in [6.45, 7) is 6.34. The van der Waals surface area contributed by atoms with E-state index in [1.807, 2.05) is 6.07 Å². The first-order valence-electron chi connectivity index (χ1n) is 7.80. The smallest absolute Gasteiger partial charge is 0.183 e. The molecule has 4 nitrogen and oxygen atoms in total. The zero-order chi connectivity index (χ0) is 16.4. The van der Waals surface area contributed by atoms with Gasteiger partial charge in [-0.15, -0.1) is 11.3 Å². The van der Waals surface area contributed by atoms with Crippen molar-refractivity contribution >= 4 is 27.2 Å². The van der Waals surface area contributed by atoms with Gasteiger partial charge in [-0.25, -0.2) is 4.98 Å². The number of nitrogens with one attached hydrogen (secondary N) is 1. The summed E-state index contributed by atoms with van der Waals surface area (Å²) >= 11 is 1.61. The molecule has 3 aromatic rings. The molecule has 0 amide bonds. The Morgan fingerprint density at radius 2 is 2.00 bits per heavy atom. The molecule has 0 aliphatic carbocycles. The van der Waals surface area contributed by atoms with Crippen LogP contribution in [0.3, 0.4) is 0 Å². The highest BCUT2D eigenvalue weighted by Crippen LogP contribution is 2.30. The zero-order valence-electron chi connectivity index (χ0n) is 13.9. The predicted molar refractivity (Wildman–Crippen MR) is 97.5 cm³/mol. The van der Waals surface area contributed by atoms with E-state index >= 15 is 0 Å². The van der Waals surface area contributed by atoms with Gasteiger partial charge in [0.1, 0.15) is 11.4 Å². The van der Waals surface area contributed by atoms with Gasteiger partial charge in [0.05, 0.1) is 12.8 Å². The van der Waals surface area contributed by atoms with Crippen molar-refractivity contribution in [2.45, 2.75) is 33.2 Å². The number of nitrogens with zero attached hydrogens (tertiary/aromatic N) is 2. The lowest BCUT2D eigenvalue weighted by Crippen LogP contribution is -2.09. The number of anilines is 1. The second-order valence-corrected chi connectivity index (χ2v) is 6.59. The van der Waals surface area contributed by atoms with Crippen molar-refractivity contribution in [3.8, 4) is 17.1 Å². The van der Waals surface area contributed by atoms with Gasteiger partial charge in [0.15, 0.2) is 5.13 Å². The Bertz CT molecular complexity index is 826. The van der Waals surface area contributed by atoms with E-state index in [9.17, 15) is 0 Å². The number of aromatic nitrogens is 2. The van der Waals surface area contributed by atoms with Crippen molar-refractivity contribution in [3.05, 3.63) is 35.3 Å². The van der Waals surface area contributed by atoms with Gasteiger partial charge < -0.3 is 10.1 Å². The largest absolute Gasteiger partial charge is 0.497 e.